The van der Waals surface area contributed by atoms with Gasteiger partial charge >= 0.3 is 0 Å². The summed E-state index contributed by atoms with van der Waals surface area (Å²) in [7, 11) is 0. The van der Waals surface area contributed by atoms with E-state index in [1.807, 2.05) is 13.8 Å². The Bertz CT molecular complexity index is 81.3. The molecule has 0 fully saturated rings. The fourth-order valence-corrected chi connectivity index (χ4v) is 0.854. The first-order chi connectivity index (χ1) is 4.57. The lowest BCUT2D eigenvalue weighted by atomic mass is 9.97. The van der Waals surface area contributed by atoms with Crippen molar-refractivity contribution in [2.45, 2.75) is 45.8 Å². The van der Waals surface area contributed by atoms with Gasteiger partial charge in [0.2, 0.25) is 0 Å². The Morgan fingerprint density at radius 2 is 1.70 bits per heavy atom. The summed E-state index contributed by atoms with van der Waals surface area (Å²) in [6, 6.07) is 0. The Kier molecular flexibility index (Phi) is 4.65. The van der Waals surface area contributed by atoms with Gasteiger partial charge in [-0.1, -0.05) is 20.3 Å². The van der Waals surface area contributed by atoms with Crippen LogP contribution in [0.3, 0.4) is 0 Å². The molecule has 0 aromatic heterocycles. The fraction of sp³-hybridized carbons (Fsp3) is 1.00. The summed E-state index contributed by atoms with van der Waals surface area (Å²) >= 11 is 0. The second kappa shape index (κ2) is 4.69. The lowest BCUT2D eigenvalue weighted by molar-refractivity contribution is 0.0547. The summed E-state index contributed by atoms with van der Waals surface area (Å²) in [5.74, 6) is 0.301. The molecule has 0 aliphatic rings. The second-order valence-electron chi connectivity index (χ2n) is 3.04. The van der Waals surface area contributed by atoms with Gasteiger partial charge in [-0.25, -0.2) is 0 Å². The van der Waals surface area contributed by atoms with Crippen LogP contribution >= 0.6 is 0 Å². The highest BCUT2D eigenvalue weighted by Gasteiger charge is 2.13. The summed E-state index contributed by atoms with van der Waals surface area (Å²) in [4.78, 5) is 0. The van der Waals surface area contributed by atoms with Gasteiger partial charge in [0, 0.05) is 0 Å². The summed E-state index contributed by atoms with van der Waals surface area (Å²) in [5, 5.41) is 18.2. The van der Waals surface area contributed by atoms with Crippen LogP contribution in [0.5, 0.6) is 0 Å². The van der Waals surface area contributed by atoms with Crippen molar-refractivity contribution in [2.75, 3.05) is 0 Å². The average molecular weight is 146 g/mol. The number of aliphatic hydroxyl groups is 2. The molecule has 3 atom stereocenters. The Hall–Kier alpha value is -0.0800. The van der Waals surface area contributed by atoms with Gasteiger partial charge in [-0.3, -0.25) is 0 Å². The Morgan fingerprint density at radius 3 is 2.00 bits per heavy atom. The van der Waals surface area contributed by atoms with E-state index in [-0.39, 0.29) is 12.2 Å². The highest BCUT2D eigenvalue weighted by atomic mass is 16.3. The largest absolute Gasteiger partial charge is 0.393 e. The second-order valence-corrected chi connectivity index (χ2v) is 3.04. The summed E-state index contributed by atoms with van der Waals surface area (Å²) in [6.45, 7) is 5.73. The van der Waals surface area contributed by atoms with Crippen LogP contribution in [0.15, 0.2) is 0 Å². The molecule has 0 aromatic rings. The maximum atomic E-state index is 9.33. The molecule has 0 aromatic carbocycles. The van der Waals surface area contributed by atoms with Crippen molar-refractivity contribution in [3.05, 3.63) is 0 Å². The molecule has 0 aliphatic heterocycles. The SMILES string of the molecule is CCC(C)[C@H](O)C[C@@H](C)O. The third kappa shape index (κ3) is 3.85. The molecule has 2 heteroatoms. The Balaban J connectivity index is 3.50. The van der Waals surface area contributed by atoms with Gasteiger partial charge in [0.25, 0.3) is 0 Å². The lowest BCUT2D eigenvalue weighted by Gasteiger charge is -2.17. The third-order valence-electron chi connectivity index (χ3n) is 1.88. The van der Waals surface area contributed by atoms with Gasteiger partial charge < -0.3 is 10.2 Å². The molecule has 0 heterocycles. The van der Waals surface area contributed by atoms with Crippen molar-refractivity contribution in [1.29, 1.82) is 0 Å². The van der Waals surface area contributed by atoms with Crippen LogP contribution in [0.1, 0.15) is 33.6 Å². The van der Waals surface area contributed by atoms with E-state index in [0.717, 1.165) is 6.42 Å². The van der Waals surface area contributed by atoms with Crippen LogP contribution in [0, 0.1) is 5.92 Å². The van der Waals surface area contributed by atoms with E-state index in [1.165, 1.54) is 0 Å². The average Bonchev–Trinajstić information content (AvgIpc) is 1.85. The van der Waals surface area contributed by atoms with E-state index in [1.54, 1.807) is 6.92 Å². The van der Waals surface area contributed by atoms with Gasteiger partial charge in [0.15, 0.2) is 0 Å². The summed E-state index contributed by atoms with van der Waals surface area (Å²) in [6.07, 6.45) is 0.733. The Morgan fingerprint density at radius 1 is 1.20 bits per heavy atom. The van der Waals surface area contributed by atoms with Crippen LogP contribution in [0.4, 0.5) is 0 Å². The molecule has 2 N–H and O–H groups in total. The molecule has 10 heavy (non-hydrogen) atoms. The zero-order valence-electron chi connectivity index (χ0n) is 7.04. The van der Waals surface area contributed by atoms with Crippen molar-refractivity contribution < 1.29 is 10.2 Å². The first-order valence-corrected chi connectivity index (χ1v) is 3.94. The Labute approximate surface area is 62.9 Å². The van der Waals surface area contributed by atoms with E-state index >= 15 is 0 Å². The van der Waals surface area contributed by atoms with Crippen LogP contribution in [-0.4, -0.2) is 22.4 Å². The molecule has 62 valence electrons. The van der Waals surface area contributed by atoms with Crippen LogP contribution in [0.25, 0.3) is 0 Å². The van der Waals surface area contributed by atoms with Crippen molar-refractivity contribution in [2.24, 2.45) is 5.92 Å². The quantitative estimate of drug-likeness (QED) is 0.625. The molecule has 0 saturated heterocycles. The maximum absolute atomic E-state index is 9.33. The zero-order valence-corrected chi connectivity index (χ0v) is 7.04. The summed E-state index contributed by atoms with van der Waals surface area (Å²) in [5.41, 5.74) is 0. The molecule has 0 amide bonds. The number of hydrogen-bond acceptors (Lipinski definition) is 2. The molecule has 0 saturated carbocycles. The highest BCUT2D eigenvalue weighted by Crippen LogP contribution is 2.11. The molecular formula is C8H18O2. The number of hydrogen-bond donors (Lipinski definition) is 2. The molecule has 0 spiro atoms. The minimum Gasteiger partial charge on any atom is -0.393 e. The third-order valence-corrected chi connectivity index (χ3v) is 1.88. The topological polar surface area (TPSA) is 40.5 Å². The molecule has 0 aliphatic carbocycles. The minimum absolute atomic E-state index is 0.301. The lowest BCUT2D eigenvalue weighted by Crippen LogP contribution is -2.21. The van der Waals surface area contributed by atoms with E-state index < -0.39 is 0 Å². The van der Waals surface area contributed by atoms with E-state index in [0.29, 0.717) is 12.3 Å². The highest BCUT2D eigenvalue weighted by molar-refractivity contribution is 4.65. The predicted octanol–water partition coefficient (Wildman–Crippen LogP) is 1.16. The van der Waals surface area contributed by atoms with Gasteiger partial charge in [0.1, 0.15) is 0 Å². The molecule has 0 radical (unpaired) electrons. The van der Waals surface area contributed by atoms with Gasteiger partial charge in [-0.2, -0.15) is 0 Å². The molecular weight excluding hydrogens is 128 g/mol. The summed E-state index contributed by atoms with van der Waals surface area (Å²) < 4.78 is 0. The standard InChI is InChI=1S/C8H18O2/c1-4-6(2)8(10)5-7(3)9/h6-10H,4-5H2,1-3H3/t6?,7-,8-/m1/s1. The predicted molar refractivity (Wildman–Crippen MR) is 41.8 cm³/mol. The van der Waals surface area contributed by atoms with Crippen LogP contribution in [0.2, 0.25) is 0 Å². The van der Waals surface area contributed by atoms with Gasteiger partial charge in [-0.05, 0) is 19.3 Å². The van der Waals surface area contributed by atoms with E-state index in [4.69, 9.17) is 5.11 Å². The molecule has 0 rings (SSSR count). The van der Waals surface area contributed by atoms with Crippen LogP contribution < -0.4 is 0 Å². The van der Waals surface area contributed by atoms with Crippen LogP contribution in [-0.2, 0) is 0 Å². The van der Waals surface area contributed by atoms with Crippen molar-refractivity contribution in [3.8, 4) is 0 Å². The monoisotopic (exact) mass is 146 g/mol. The molecule has 0 bridgehead atoms. The van der Waals surface area contributed by atoms with Crippen molar-refractivity contribution >= 4 is 0 Å². The number of aliphatic hydroxyl groups excluding tert-OH is 2. The minimum atomic E-state index is -0.385. The van der Waals surface area contributed by atoms with E-state index in [9.17, 15) is 5.11 Å². The maximum Gasteiger partial charge on any atom is 0.0590 e. The van der Waals surface area contributed by atoms with Crippen molar-refractivity contribution in [1.82, 2.24) is 0 Å². The molecule has 1 unspecified atom stereocenters. The van der Waals surface area contributed by atoms with Gasteiger partial charge in [-0.15, -0.1) is 0 Å². The normalized spacial score (nSPS) is 20.1. The number of rotatable bonds is 4. The van der Waals surface area contributed by atoms with E-state index in [2.05, 4.69) is 0 Å². The fourth-order valence-electron chi connectivity index (χ4n) is 0.854. The first-order valence-electron chi connectivity index (χ1n) is 3.94. The smallest absolute Gasteiger partial charge is 0.0590 e. The van der Waals surface area contributed by atoms with Crippen molar-refractivity contribution in [3.63, 3.8) is 0 Å². The molecule has 2 nitrogen and oxygen atoms in total. The van der Waals surface area contributed by atoms with Gasteiger partial charge in [0.05, 0.1) is 12.2 Å². The first kappa shape index (κ1) is 9.92. The zero-order chi connectivity index (χ0) is 8.15.